The lowest BCUT2D eigenvalue weighted by Gasteiger charge is -2.18. The van der Waals surface area contributed by atoms with Crippen molar-refractivity contribution >= 4 is 17.2 Å². The first kappa shape index (κ1) is 17.5. The van der Waals surface area contributed by atoms with Gasteiger partial charge in [-0.15, -0.1) is 0 Å². The highest BCUT2D eigenvalue weighted by Gasteiger charge is 2.30. The number of hydrogen-bond donors (Lipinski definition) is 1. The molecule has 5 nitrogen and oxygen atoms in total. The lowest BCUT2D eigenvalue weighted by atomic mass is 9.95. The fraction of sp³-hybridized carbons (Fsp3) is 0.316. The standard InChI is InChI=1S/C19H17F3N4O/c1-11-14-4-2-3-5-16(14)26-17(24-11)15(10-23-26)18(27)25-13-8-6-12(7-9-13)19(20,21)22/h6-10H,2-5H2,1H3,(H,25,27). The van der Waals surface area contributed by atoms with E-state index in [0.29, 0.717) is 11.2 Å². The second-order valence-electron chi connectivity index (χ2n) is 6.65. The molecule has 1 aliphatic rings. The van der Waals surface area contributed by atoms with E-state index in [-0.39, 0.29) is 5.69 Å². The van der Waals surface area contributed by atoms with Gasteiger partial charge in [-0.3, -0.25) is 4.79 Å². The van der Waals surface area contributed by atoms with E-state index in [1.807, 2.05) is 6.92 Å². The van der Waals surface area contributed by atoms with Crippen molar-refractivity contribution < 1.29 is 18.0 Å². The van der Waals surface area contributed by atoms with Gasteiger partial charge in [-0.2, -0.15) is 18.3 Å². The molecule has 0 unspecified atom stereocenters. The zero-order valence-electron chi connectivity index (χ0n) is 14.6. The SMILES string of the molecule is Cc1nc2c(C(=O)Nc3ccc(C(F)(F)F)cc3)cnn2c2c1CCCC2. The summed E-state index contributed by atoms with van der Waals surface area (Å²) >= 11 is 0. The van der Waals surface area contributed by atoms with E-state index in [9.17, 15) is 18.0 Å². The van der Waals surface area contributed by atoms with Gasteiger partial charge in [-0.05, 0) is 62.4 Å². The average Bonchev–Trinajstić information content (AvgIpc) is 3.06. The quantitative estimate of drug-likeness (QED) is 0.732. The van der Waals surface area contributed by atoms with Crippen molar-refractivity contribution in [3.05, 3.63) is 58.5 Å². The van der Waals surface area contributed by atoms with E-state index >= 15 is 0 Å². The smallest absolute Gasteiger partial charge is 0.322 e. The molecule has 2 aromatic heterocycles. The number of carbonyl (C=O) groups excluding carboxylic acids is 1. The number of aryl methyl sites for hydroxylation is 2. The van der Waals surface area contributed by atoms with Crippen LogP contribution in [0.1, 0.15) is 45.7 Å². The maximum absolute atomic E-state index is 12.6. The molecule has 0 atom stereocenters. The van der Waals surface area contributed by atoms with Crippen LogP contribution in [0.2, 0.25) is 0 Å². The molecule has 2 heterocycles. The molecule has 8 heteroatoms. The minimum Gasteiger partial charge on any atom is -0.322 e. The minimum absolute atomic E-state index is 0.280. The van der Waals surface area contributed by atoms with E-state index in [2.05, 4.69) is 15.4 Å². The van der Waals surface area contributed by atoms with E-state index in [4.69, 9.17) is 0 Å². The van der Waals surface area contributed by atoms with E-state index in [1.165, 1.54) is 23.9 Å². The number of nitrogens with one attached hydrogen (secondary N) is 1. The van der Waals surface area contributed by atoms with Crippen LogP contribution in [0.5, 0.6) is 0 Å². The van der Waals surface area contributed by atoms with Gasteiger partial charge in [-0.1, -0.05) is 0 Å². The maximum Gasteiger partial charge on any atom is 0.416 e. The van der Waals surface area contributed by atoms with Crippen molar-refractivity contribution in [1.82, 2.24) is 14.6 Å². The zero-order chi connectivity index (χ0) is 19.2. The molecule has 0 saturated carbocycles. The molecule has 4 rings (SSSR count). The second kappa shape index (κ2) is 6.37. The highest BCUT2D eigenvalue weighted by Crippen LogP contribution is 2.30. The largest absolute Gasteiger partial charge is 0.416 e. The van der Waals surface area contributed by atoms with Crippen LogP contribution in [0.3, 0.4) is 0 Å². The summed E-state index contributed by atoms with van der Waals surface area (Å²) in [4.78, 5) is 17.2. The Kier molecular flexibility index (Phi) is 4.13. The fourth-order valence-corrected chi connectivity index (χ4v) is 3.49. The normalized spacial score (nSPS) is 14.2. The van der Waals surface area contributed by atoms with Crippen molar-refractivity contribution in [3.63, 3.8) is 0 Å². The van der Waals surface area contributed by atoms with E-state index in [0.717, 1.165) is 49.2 Å². The summed E-state index contributed by atoms with van der Waals surface area (Å²) in [6.07, 6.45) is 1.07. The highest BCUT2D eigenvalue weighted by atomic mass is 19.4. The Morgan fingerprint density at radius 3 is 2.56 bits per heavy atom. The number of aromatic nitrogens is 3. The molecule has 0 spiro atoms. The van der Waals surface area contributed by atoms with Gasteiger partial charge in [0, 0.05) is 17.1 Å². The maximum atomic E-state index is 12.6. The third-order valence-corrected chi connectivity index (χ3v) is 4.86. The van der Waals surface area contributed by atoms with Crippen molar-refractivity contribution in [2.24, 2.45) is 0 Å². The molecule has 0 bridgehead atoms. The van der Waals surface area contributed by atoms with Crippen LogP contribution in [0.25, 0.3) is 5.65 Å². The third kappa shape index (κ3) is 3.15. The number of amides is 1. The van der Waals surface area contributed by atoms with Crippen molar-refractivity contribution in [1.29, 1.82) is 0 Å². The molecule has 1 aromatic carbocycles. The Balaban J connectivity index is 1.64. The Morgan fingerprint density at radius 2 is 1.85 bits per heavy atom. The van der Waals surface area contributed by atoms with Crippen molar-refractivity contribution in [3.8, 4) is 0 Å². The van der Waals surface area contributed by atoms with Crippen molar-refractivity contribution in [2.45, 2.75) is 38.8 Å². The second-order valence-corrected chi connectivity index (χ2v) is 6.65. The Bertz CT molecular complexity index is 1020. The number of alkyl halides is 3. The molecule has 27 heavy (non-hydrogen) atoms. The molecule has 1 amide bonds. The van der Waals surface area contributed by atoms with Crippen molar-refractivity contribution in [2.75, 3.05) is 5.32 Å². The average molecular weight is 374 g/mol. The Morgan fingerprint density at radius 1 is 1.15 bits per heavy atom. The predicted molar refractivity (Wildman–Crippen MR) is 93.8 cm³/mol. The summed E-state index contributed by atoms with van der Waals surface area (Å²) in [7, 11) is 0. The van der Waals surface area contributed by atoms with Crippen LogP contribution in [-0.2, 0) is 19.0 Å². The summed E-state index contributed by atoms with van der Waals surface area (Å²) in [6.45, 7) is 1.93. The number of carbonyl (C=O) groups is 1. The number of nitrogens with zero attached hydrogens (tertiary/aromatic N) is 3. The Labute approximate surface area is 153 Å². The molecule has 0 saturated heterocycles. The lowest BCUT2D eigenvalue weighted by Crippen LogP contribution is -2.16. The molecule has 140 valence electrons. The summed E-state index contributed by atoms with van der Waals surface area (Å²) < 4.78 is 39.7. The number of halogens is 3. The van der Waals surface area contributed by atoms with Crippen LogP contribution >= 0.6 is 0 Å². The summed E-state index contributed by atoms with van der Waals surface area (Å²) in [6, 6.07) is 4.33. The monoisotopic (exact) mass is 374 g/mol. The zero-order valence-corrected chi connectivity index (χ0v) is 14.6. The molecular formula is C19H17F3N4O. The minimum atomic E-state index is -4.41. The Hall–Kier alpha value is -2.90. The number of fused-ring (bicyclic) bond motifs is 3. The van der Waals surface area contributed by atoms with Gasteiger partial charge in [-0.25, -0.2) is 9.50 Å². The van der Waals surface area contributed by atoms with Gasteiger partial charge >= 0.3 is 6.18 Å². The lowest BCUT2D eigenvalue weighted by molar-refractivity contribution is -0.137. The highest BCUT2D eigenvalue weighted by molar-refractivity contribution is 6.08. The summed E-state index contributed by atoms with van der Waals surface area (Å²) in [5, 5.41) is 6.94. The molecule has 0 aliphatic heterocycles. The van der Waals surface area contributed by atoms with Crippen LogP contribution in [0, 0.1) is 6.92 Å². The first-order chi connectivity index (χ1) is 12.8. The number of anilines is 1. The number of benzene rings is 1. The van der Waals surface area contributed by atoms with Gasteiger partial charge in [0.1, 0.15) is 5.56 Å². The van der Waals surface area contributed by atoms with Gasteiger partial charge in [0.25, 0.3) is 5.91 Å². The van der Waals surface area contributed by atoms with Crippen LogP contribution in [0.4, 0.5) is 18.9 Å². The fourth-order valence-electron chi connectivity index (χ4n) is 3.49. The van der Waals surface area contributed by atoms with Crippen LogP contribution in [0.15, 0.2) is 30.5 Å². The molecule has 0 fully saturated rings. The molecule has 1 N–H and O–H groups in total. The topological polar surface area (TPSA) is 59.3 Å². The molecule has 0 radical (unpaired) electrons. The first-order valence-electron chi connectivity index (χ1n) is 8.69. The van der Waals surface area contributed by atoms with E-state index in [1.54, 1.807) is 4.52 Å². The first-order valence-corrected chi connectivity index (χ1v) is 8.69. The van der Waals surface area contributed by atoms with Crippen LogP contribution in [-0.4, -0.2) is 20.5 Å². The van der Waals surface area contributed by atoms with Gasteiger partial charge in [0.05, 0.1) is 11.8 Å². The molecule has 3 aromatic rings. The number of rotatable bonds is 2. The van der Waals surface area contributed by atoms with Gasteiger partial charge in [0.2, 0.25) is 0 Å². The van der Waals surface area contributed by atoms with Crippen LogP contribution < -0.4 is 5.32 Å². The predicted octanol–water partition coefficient (Wildman–Crippen LogP) is 4.19. The van der Waals surface area contributed by atoms with Gasteiger partial charge < -0.3 is 5.32 Å². The van der Waals surface area contributed by atoms with Gasteiger partial charge in [0.15, 0.2) is 5.65 Å². The van der Waals surface area contributed by atoms with E-state index < -0.39 is 17.6 Å². The summed E-state index contributed by atoms with van der Waals surface area (Å²) in [5.74, 6) is -0.451. The molecular weight excluding hydrogens is 357 g/mol. The number of hydrogen-bond acceptors (Lipinski definition) is 3. The third-order valence-electron chi connectivity index (χ3n) is 4.86. The molecule has 1 aliphatic carbocycles. The summed E-state index contributed by atoms with van der Waals surface area (Å²) in [5.41, 5.74) is 3.44.